The summed E-state index contributed by atoms with van der Waals surface area (Å²) < 4.78 is 5.48. The van der Waals surface area contributed by atoms with Crippen LogP contribution in [0.4, 0.5) is 10.5 Å². The standard InChI is InChI=1S/C26H22N2O3/c1-17(29)19-13-12-18(25(27)15-19)7-6-14-28-26(30)31-16-24-22-10-4-2-8-20(22)21-9-3-5-11-23(21)24/h2-5,8-13,15,24H,14,16,27H2,1H3,(H,28,30). The Kier molecular flexibility index (Phi) is 5.72. The van der Waals surface area contributed by atoms with Crippen molar-refractivity contribution < 1.29 is 14.3 Å². The summed E-state index contributed by atoms with van der Waals surface area (Å²) in [5, 5.41) is 2.64. The van der Waals surface area contributed by atoms with Gasteiger partial charge in [0.1, 0.15) is 6.61 Å². The number of carbonyl (C=O) groups is 2. The molecule has 1 aliphatic rings. The highest BCUT2D eigenvalue weighted by Gasteiger charge is 2.28. The van der Waals surface area contributed by atoms with Crippen molar-refractivity contribution >= 4 is 17.6 Å². The highest BCUT2D eigenvalue weighted by atomic mass is 16.5. The van der Waals surface area contributed by atoms with Gasteiger partial charge in [0, 0.05) is 22.7 Å². The summed E-state index contributed by atoms with van der Waals surface area (Å²) in [6.45, 7) is 1.87. The van der Waals surface area contributed by atoms with Gasteiger partial charge in [-0.15, -0.1) is 0 Å². The average molecular weight is 410 g/mol. The third-order valence-corrected chi connectivity index (χ3v) is 5.35. The molecule has 5 heteroatoms. The first kappa shape index (κ1) is 20.2. The van der Waals surface area contributed by atoms with E-state index in [1.807, 2.05) is 24.3 Å². The maximum Gasteiger partial charge on any atom is 0.407 e. The summed E-state index contributed by atoms with van der Waals surface area (Å²) in [6, 6.07) is 21.4. The molecule has 0 aliphatic heterocycles. The number of nitrogens with one attached hydrogen (secondary N) is 1. The highest BCUT2D eigenvalue weighted by Crippen LogP contribution is 2.44. The molecule has 0 heterocycles. The van der Waals surface area contributed by atoms with E-state index in [9.17, 15) is 9.59 Å². The van der Waals surface area contributed by atoms with Gasteiger partial charge < -0.3 is 15.8 Å². The van der Waals surface area contributed by atoms with Gasteiger partial charge in [0.2, 0.25) is 0 Å². The van der Waals surface area contributed by atoms with Crippen LogP contribution >= 0.6 is 0 Å². The molecule has 4 rings (SSSR count). The van der Waals surface area contributed by atoms with Gasteiger partial charge in [-0.25, -0.2) is 4.79 Å². The summed E-state index contributed by atoms with van der Waals surface area (Å²) in [5.74, 6) is 5.72. The van der Waals surface area contributed by atoms with Crippen LogP contribution in [0.3, 0.4) is 0 Å². The summed E-state index contributed by atoms with van der Waals surface area (Å²) in [5.41, 5.74) is 12.2. The topological polar surface area (TPSA) is 81.4 Å². The minimum Gasteiger partial charge on any atom is -0.449 e. The molecular formula is C26H22N2O3. The summed E-state index contributed by atoms with van der Waals surface area (Å²) in [4.78, 5) is 23.5. The van der Waals surface area contributed by atoms with Crippen LogP contribution in [-0.2, 0) is 4.74 Å². The fourth-order valence-electron chi connectivity index (χ4n) is 3.80. The number of nitrogens with two attached hydrogens (primary N) is 1. The maximum atomic E-state index is 12.2. The first-order chi connectivity index (χ1) is 15.0. The van der Waals surface area contributed by atoms with E-state index in [0.717, 1.165) is 0 Å². The molecule has 0 bridgehead atoms. The molecule has 3 N–H and O–H groups in total. The number of rotatable bonds is 4. The van der Waals surface area contributed by atoms with E-state index in [-0.39, 0.29) is 24.9 Å². The quantitative estimate of drug-likeness (QED) is 0.380. The largest absolute Gasteiger partial charge is 0.449 e. The Labute approximate surface area is 181 Å². The molecule has 3 aromatic carbocycles. The molecule has 31 heavy (non-hydrogen) atoms. The lowest BCUT2D eigenvalue weighted by Gasteiger charge is -2.14. The predicted molar refractivity (Wildman–Crippen MR) is 121 cm³/mol. The Bertz CT molecular complexity index is 1180. The smallest absolute Gasteiger partial charge is 0.407 e. The van der Waals surface area contributed by atoms with Gasteiger partial charge in [-0.3, -0.25) is 4.79 Å². The Morgan fingerprint density at radius 1 is 1.00 bits per heavy atom. The molecule has 0 atom stereocenters. The molecule has 0 fully saturated rings. The number of ether oxygens (including phenoxy) is 1. The normalized spacial score (nSPS) is 11.6. The second-order valence-corrected chi connectivity index (χ2v) is 7.34. The van der Waals surface area contributed by atoms with Crippen LogP contribution in [0.2, 0.25) is 0 Å². The first-order valence-electron chi connectivity index (χ1n) is 10.0. The van der Waals surface area contributed by atoms with Gasteiger partial charge in [-0.2, -0.15) is 0 Å². The van der Waals surface area contributed by atoms with Crippen LogP contribution in [0.5, 0.6) is 0 Å². The number of alkyl carbamates (subject to hydrolysis) is 1. The number of hydrogen-bond acceptors (Lipinski definition) is 4. The molecule has 0 unspecified atom stereocenters. The zero-order valence-electron chi connectivity index (χ0n) is 17.1. The van der Waals surface area contributed by atoms with Crippen molar-refractivity contribution in [2.24, 2.45) is 0 Å². The summed E-state index contributed by atoms with van der Waals surface area (Å²) >= 11 is 0. The van der Waals surface area contributed by atoms with Crippen molar-refractivity contribution in [3.05, 3.63) is 89.0 Å². The zero-order chi connectivity index (χ0) is 21.8. The van der Waals surface area contributed by atoms with Gasteiger partial charge in [0.25, 0.3) is 0 Å². The minimum atomic E-state index is -0.518. The highest BCUT2D eigenvalue weighted by molar-refractivity contribution is 5.95. The fraction of sp³-hybridized carbons (Fsp3) is 0.154. The van der Waals surface area contributed by atoms with Gasteiger partial charge in [0.15, 0.2) is 5.78 Å². The van der Waals surface area contributed by atoms with Crippen molar-refractivity contribution in [2.45, 2.75) is 12.8 Å². The van der Waals surface area contributed by atoms with Crippen molar-refractivity contribution in [1.29, 1.82) is 0 Å². The molecule has 0 aromatic heterocycles. The summed E-state index contributed by atoms with van der Waals surface area (Å²) in [7, 11) is 0. The Balaban J connectivity index is 1.34. The molecule has 0 saturated heterocycles. The third-order valence-electron chi connectivity index (χ3n) is 5.35. The van der Waals surface area contributed by atoms with Gasteiger partial charge in [-0.1, -0.05) is 66.4 Å². The number of benzene rings is 3. The van der Waals surface area contributed by atoms with Crippen LogP contribution in [0.25, 0.3) is 11.1 Å². The average Bonchev–Trinajstić information content (AvgIpc) is 3.10. The lowest BCUT2D eigenvalue weighted by Crippen LogP contribution is -2.26. The first-order valence-corrected chi connectivity index (χ1v) is 10.0. The Morgan fingerprint density at radius 2 is 1.65 bits per heavy atom. The third kappa shape index (κ3) is 4.29. The molecule has 3 aromatic rings. The Morgan fingerprint density at radius 3 is 2.26 bits per heavy atom. The number of anilines is 1. The molecule has 5 nitrogen and oxygen atoms in total. The van der Waals surface area contributed by atoms with Crippen molar-refractivity contribution in [3.8, 4) is 23.0 Å². The molecule has 0 radical (unpaired) electrons. The number of hydrogen-bond donors (Lipinski definition) is 2. The van der Waals surface area contributed by atoms with Gasteiger partial charge in [-0.05, 0) is 41.3 Å². The number of ketones is 1. The molecule has 154 valence electrons. The van der Waals surface area contributed by atoms with Gasteiger partial charge >= 0.3 is 6.09 Å². The minimum absolute atomic E-state index is 0.0174. The second kappa shape index (κ2) is 8.76. The van der Waals surface area contributed by atoms with Crippen LogP contribution < -0.4 is 11.1 Å². The molecular weight excluding hydrogens is 388 g/mol. The van der Waals surface area contributed by atoms with Gasteiger partial charge in [0.05, 0.1) is 6.54 Å². The van der Waals surface area contributed by atoms with E-state index in [0.29, 0.717) is 16.8 Å². The number of fused-ring (bicyclic) bond motifs is 3. The number of nitrogen functional groups attached to an aromatic ring is 1. The van der Waals surface area contributed by atoms with Crippen molar-refractivity contribution in [1.82, 2.24) is 5.32 Å². The van der Waals surface area contributed by atoms with Crippen LogP contribution in [0, 0.1) is 11.8 Å². The SMILES string of the molecule is CC(=O)c1ccc(C#CCNC(=O)OCC2c3ccccc3-c3ccccc32)c(N)c1. The van der Waals surface area contributed by atoms with Crippen LogP contribution in [0.15, 0.2) is 66.7 Å². The lowest BCUT2D eigenvalue weighted by atomic mass is 9.98. The second-order valence-electron chi connectivity index (χ2n) is 7.34. The van der Waals surface area contributed by atoms with Crippen molar-refractivity contribution in [3.63, 3.8) is 0 Å². The molecule has 0 spiro atoms. The van der Waals surface area contributed by atoms with E-state index in [1.54, 1.807) is 18.2 Å². The van der Waals surface area contributed by atoms with E-state index < -0.39 is 6.09 Å². The Hall–Kier alpha value is -4.04. The van der Waals surface area contributed by atoms with E-state index in [4.69, 9.17) is 10.5 Å². The van der Waals surface area contributed by atoms with Crippen LogP contribution in [0.1, 0.15) is 39.9 Å². The van der Waals surface area contributed by atoms with E-state index in [2.05, 4.69) is 41.4 Å². The fourth-order valence-corrected chi connectivity index (χ4v) is 3.80. The number of amides is 1. The van der Waals surface area contributed by atoms with E-state index in [1.165, 1.54) is 29.2 Å². The molecule has 1 aliphatic carbocycles. The summed E-state index contributed by atoms with van der Waals surface area (Å²) in [6.07, 6.45) is -0.518. The number of Topliss-reactive ketones (excluding diaryl/α,β-unsaturated/α-hetero) is 1. The zero-order valence-corrected chi connectivity index (χ0v) is 17.1. The molecule has 1 amide bonds. The predicted octanol–water partition coefficient (Wildman–Crippen LogP) is 4.36. The number of carbonyl (C=O) groups excluding carboxylic acids is 2. The van der Waals surface area contributed by atoms with Crippen molar-refractivity contribution in [2.75, 3.05) is 18.9 Å². The molecule has 0 saturated carbocycles. The van der Waals surface area contributed by atoms with E-state index >= 15 is 0 Å². The lowest BCUT2D eigenvalue weighted by molar-refractivity contribution is 0.101. The maximum absolute atomic E-state index is 12.2. The van der Waals surface area contributed by atoms with Crippen LogP contribution in [-0.4, -0.2) is 25.0 Å². The monoisotopic (exact) mass is 410 g/mol.